The van der Waals surface area contributed by atoms with E-state index in [-0.39, 0.29) is 24.3 Å². The van der Waals surface area contributed by atoms with E-state index in [2.05, 4.69) is 24.1 Å². The molecule has 3 rings (SSSR count). The zero-order valence-electron chi connectivity index (χ0n) is 19.5. The van der Waals surface area contributed by atoms with Crippen molar-refractivity contribution in [2.24, 2.45) is 17.8 Å². The van der Waals surface area contributed by atoms with Crippen LogP contribution in [0.5, 0.6) is 5.75 Å². The molecule has 7 heteroatoms. The summed E-state index contributed by atoms with van der Waals surface area (Å²) in [6.07, 6.45) is 5.59. The maximum absolute atomic E-state index is 12.9. The van der Waals surface area contributed by atoms with Gasteiger partial charge in [0.05, 0.1) is 7.11 Å². The van der Waals surface area contributed by atoms with Crippen molar-refractivity contribution < 1.29 is 24.1 Å². The molecule has 0 radical (unpaired) electrons. The lowest BCUT2D eigenvalue weighted by atomic mass is 9.78. The third kappa shape index (κ3) is 5.64. The Hall–Kier alpha value is -2.51. The van der Waals surface area contributed by atoms with Crippen LogP contribution >= 0.6 is 0 Å². The van der Waals surface area contributed by atoms with Gasteiger partial charge in [0.1, 0.15) is 5.75 Å². The van der Waals surface area contributed by atoms with E-state index in [0.717, 1.165) is 28.6 Å². The Bertz CT molecular complexity index is 920. The zero-order chi connectivity index (χ0) is 23.1. The fourth-order valence-electron chi connectivity index (χ4n) is 4.41. The van der Waals surface area contributed by atoms with Gasteiger partial charge in [-0.1, -0.05) is 13.8 Å². The van der Waals surface area contributed by atoms with E-state index in [4.69, 9.17) is 14.2 Å². The van der Waals surface area contributed by atoms with E-state index >= 15 is 0 Å². The van der Waals surface area contributed by atoms with Crippen molar-refractivity contribution >= 4 is 16.8 Å². The number of fused-ring (bicyclic) bond motifs is 1. The molecule has 1 aliphatic heterocycles. The van der Waals surface area contributed by atoms with Crippen LogP contribution in [-0.2, 0) is 20.7 Å². The molecule has 1 amide bonds. The predicted molar refractivity (Wildman–Crippen MR) is 124 cm³/mol. The summed E-state index contributed by atoms with van der Waals surface area (Å²) in [5.41, 5.74) is 2.16. The molecule has 1 aromatic carbocycles. The highest BCUT2D eigenvalue weighted by molar-refractivity contribution is 5.91. The lowest BCUT2D eigenvalue weighted by molar-refractivity contribution is -0.175. The Morgan fingerprint density at radius 1 is 1.34 bits per heavy atom. The molecule has 0 unspecified atom stereocenters. The van der Waals surface area contributed by atoms with Crippen LogP contribution in [0.2, 0.25) is 0 Å². The molecule has 0 spiro atoms. The first kappa shape index (κ1) is 24.1. The first-order valence-corrected chi connectivity index (χ1v) is 11.5. The molecule has 0 fully saturated rings. The largest absolute Gasteiger partial charge is 0.497 e. The molecule has 0 bridgehead atoms. The number of H-pyrrole nitrogens is 1. The molecular formula is C25H36N2O5. The van der Waals surface area contributed by atoms with Gasteiger partial charge in [0.2, 0.25) is 6.29 Å². The van der Waals surface area contributed by atoms with Crippen molar-refractivity contribution in [3.8, 4) is 5.75 Å². The number of ether oxygens (including phenoxy) is 3. The van der Waals surface area contributed by atoms with E-state index in [1.165, 1.54) is 0 Å². The molecule has 32 heavy (non-hydrogen) atoms. The van der Waals surface area contributed by atoms with Crippen LogP contribution in [0.15, 0.2) is 36.2 Å². The Morgan fingerprint density at radius 3 is 2.84 bits per heavy atom. The van der Waals surface area contributed by atoms with Crippen LogP contribution in [0.4, 0.5) is 0 Å². The molecule has 176 valence electrons. The second-order valence-electron chi connectivity index (χ2n) is 8.55. The van der Waals surface area contributed by atoms with Gasteiger partial charge in [0, 0.05) is 42.8 Å². The summed E-state index contributed by atoms with van der Waals surface area (Å²) in [5, 5.41) is 13.4. The normalized spacial score (nSPS) is 20.8. The summed E-state index contributed by atoms with van der Waals surface area (Å²) in [5.74, 6) is 1.49. The average Bonchev–Trinajstić information content (AvgIpc) is 3.19. The van der Waals surface area contributed by atoms with E-state index in [1.54, 1.807) is 7.11 Å². The topological polar surface area (TPSA) is 92.8 Å². The number of allylic oxidation sites excluding steroid dienone is 1. The standard InChI is InChI=1S/C25H36N2O5/c1-5-31-25-19(7-6-12-28)20(16(2)3)14-23(32-25)24(29)26-11-10-17-15-27-22-9-8-18(30-4)13-21(17)22/h8-9,13-16,19-20,25,27-28H,5-7,10-12H2,1-4H3,(H,26,29)/t19-,20-,25-/m0/s1. The lowest BCUT2D eigenvalue weighted by Crippen LogP contribution is -2.41. The van der Waals surface area contributed by atoms with Gasteiger partial charge in [-0.25, -0.2) is 0 Å². The third-order valence-corrected chi connectivity index (χ3v) is 6.11. The Morgan fingerprint density at radius 2 is 2.16 bits per heavy atom. The number of rotatable bonds is 11. The first-order valence-electron chi connectivity index (χ1n) is 11.5. The number of hydrogen-bond acceptors (Lipinski definition) is 5. The molecule has 0 aliphatic carbocycles. The molecule has 0 saturated carbocycles. The second-order valence-corrected chi connectivity index (χ2v) is 8.55. The minimum absolute atomic E-state index is 0.111. The first-order chi connectivity index (χ1) is 15.5. The molecule has 7 nitrogen and oxygen atoms in total. The van der Waals surface area contributed by atoms with Crippen molar-refractivity contribution in [1.29, 1.82) is 0 Å². The molecule has 3 N–H and O–H groups in total. The minimum atomic E-state index is -0.481. The van der Waals surface area contributed by atoms with Crippen LogP contribution in [0, 0.1) is 17.8 Å². The third-order valence-electron chi connectivity index (χ3n) is 6.11. The summed E-state index contributed by atoms with van der Waals surface area (Å²) in [7, 11) is 1.65. The zero-order valence-corrected chi connectivity index (χ0v) is 19.5. The fourth-order valence-corrected chi connectivity index (χ4v) is 4.41. The van der Waals surface area contributed by atoms with E-state index < -0.39 is 6.29 Å². The summed E-state index contributed by atoms with van der Waals surface area (Å²) in [6, 6.07) is 5.91. The van der Waals surface area contributed by atoms with Crippen molar-refractivity contribution in [3.63, 3.8) is 0 Å². The van der Waals surface area contributed by atoms with Crippen LogP contribution in [0.25, 0.3) is 10.9 Å². The van der Waals surface area contributed by atoms with Crippen molar-refractivity contribution in [2.45, 2.75) is 46.3 Å². The Kier molecular flexibility index (Phi) is 8.59. The van der Waals surface area contributed by atoms with Crippen LogP contribution in [0.3, 0.4) is 0 Å². The maximum Gasteiger partial charge on any atom is 0.286 e. The highest BCUT2D eigenvalue weighted by atomic mass is 16.7. The van der Waals surface area contributed by atoms with Gasteiger partial charge in [-0.3, -0.25) is 4.79 Å². The minimum Gasteiger partial charge on any atom is -0.497 e. The van der Waals surface area contributed by atoms with Gasteiger partial charge in [-0.2, -0.15) is 0 Å². The number of carbonyl (C=O) groups excluding carboxylic acids is 1. The highest BCUT2D eigenvalue weighted by Gasteiger charge is 2.38. The van der Waals surface area contributed by atoms with Crippen LogP contribution in [-0.4, -0.2) is 49.2 Å². The van der Waals surface area contributed by atoms with Gasteiger partial charge in [-0.05, 0) is 67.9 Å². The summed E-state index contributed by atoms with van der Waals surface area (Å²) < 4.78 is 17.2. The number of hydrogen-bond donors (Lipinski definition) is 3. The lowest BCUT2D eigenvalue weighted by Gasteiger charge is -2.38. The molecular weight excluding hydrogens is 408 g/mol. The van der Waals surface area contributed by atoms with E-state index in [9.17, 15) is 9.90 Å². The van der Waals surface area contributed by atoms with Gasteiger partial charge in [0.25, 0.3) is 5.91 Å². The van der Waals surface area contributed by atoms with E-state index in [1.807, 2.05) is 37.4 Å². The molecule has 3 atom stereocenters. The summed E-state index contributed by atoms with van der Waals surface area (Å²) in [6.45, 7) is 7.33. The summed E-state index contributed by atoms with van der Waals surface area (Å²) in [4.78, 5) is 16.2. The molecule has 2 aromatic rings. The predicted octanol–water partition coefficient (Wildman–Crippen LogP) is 3.77. The molecule has 2 heterocycles. The average molecular weight is 445 g/mol. The van der Waals surface area contributed by atoms with Gasteiger partial charge in [0.15, 0.2) is 5.76 Å². The van der Waals surface area contributed by atoms with Crippen molar-refractivity contribution in [1.82, 2.24) is 10.3 Å². The van der Waals surface area contributed by atoms with Crippen molar-refractivity contribution in [2.75, 3.05) is 26.9 Å². The number of aromatic nitrogens is 1. The van der Waals surface area contributed by atoms with E-state index in [0.29, 0.717) is 37.7 Å². The SMILES string of the molecule is CCO[C@H]1OC(C(=O)NCCc2c[nH]c3ccc(OC)cc23)=C[C@@H](C(C)C)[C@@H]1CCCO. The number of carbonyl (C=O) groups is 1. The smallest absolute Gasteiger partial charge is 0.286 e. The Labute approximate surface area is 190 Å². The number of methoxy groups -OCH3 is 1. The monoisotopic (exact) mass is 444 g/mol. The highest BCUT2D eigenvalue weighted by Crippen LogP contribution is 2.37. The van der Waals surface area contributed by atoms with Gasteiger partial charge < -0.3 is 29.6 Å². The molecule has 1 aromatic heterocycles. The quantitative estimate of drug-likeness (QED) is 0.491. The number of benzene rings is 1. The number of amides is 1. The maximum atomic E-state index is 12.9. The van der Waals surface area contributed by atoms with Gasteiger partial charge in [-0.15, -0.1) is 0 Å². The second kappa shape index (κ2) is 11.4. The number of nitrogens with one attached hydrogen (secondary N) is 2. The fraction of sp³-hybridized carbons (Fsp3) is 0.560. The van der Waals surface area contributed by atoms with Crippen LogP contribution in [0.1, 0.15) is 39.2 Å². The molecule has 0 saturated heterocycles. The Balaban J connectivity index is 1.67. The van der Waals surface area contributed by atoms with Crippen LogP contribution < -0.4 is 10.1 Å². The number of aliphatic hydroxyl groups is 1. The summed E-state index contributed by atoms with van der Waals surface area (Å²) >= 11 is 0. The number of aromatic amines is 1. The molecule has 1 aliphatic rings. The van der Waals surface area contributed by atoms with Gasteiger partial charge >= 0.3 is 0 Å². The number of aliphatic hydroxyl groups excluding tert-OH is 1. The van der Waals surface area contributed by atoms with Crippen molar-refractivity contribution in [3.05, 3.63) is 41.8 Å².